The van der Waals surface area contributed by atoms with Crippen molar-refractivity contribution in [1.82, 2.24) is 5.32 Å². The summed E-state index contributed by atoms with van der Waals surface area (Å²) in [7, 11) is 0. The number of thioether (sulfide) groups is 1. The zero-order chi connectivity index (χ0) is 11.5. The number of benzene rings is 1. The van der Waals surface area contributed by atoms with Crippen LogP contribution in [0.4, 0.5) is 5.69 Å². The third-order valence-corrected chi connectivity index (χ3v) is 3.45. The predicted molar refractivity (Wildman–Crippen MR) is 68.4 cm³/mol. The van der Waals surface area contributed by atoms with Gasteiger partial charge in [0.2, 0.25) is 5.91 Å². The SMILES string of the molecule is CC(C)NC1SCC(=O)N1c1ccccc1. The molecule has 1 unspecified atom stereocenters. The second-order valence-corrected chi connectivity index (χ2v) is 5.15. The van der Waals surface area contributed by atoms with Gasteiger partial charge in [0.15, 0.2) is 0 Å². The number of hydrogen-bond acceptors (Lipinski definition) is 3. The van der Waals surface area contributed by atoms with Crippen LogP contribution in [-0.4, -0.2) is 23.2 Å². The van der Waals surface area contributed by atoms with E-state index in [4.69, 9.17) is 0 Å². The molecule has 1 N–H and O–H groups in total. The quantitative estimate of drug-likeness (QED) is 0.871. The van der Waals surface area contributed by atoms with E-state index in [-0.39, 0.29) is 11.4 Å². The molecule has 1 atom stereocenters. The van der Waals surface area contributed by atoms with E-state index in [1.54, 1.807) is 11.8 Å². The molecule has 0 radical (unpaired) electrons. The molecule has 1 saturated heterocycles. The summed E-state index contributed by atoms with van der Waals surface area (Å²) in [5, 5.41) is 3.39. The second-order valence-electron chi connectivity index (χ2n) is 4.08. The molecule has 2 rings (SSSR count). The first-order chi connectivity index (χ1) is 7.68. The van der Waals surface area contributed by atoms with E-state index >= 15 is 0 Å². The van der Waals surface area contributed by atoms with Gasteiger partial charge in [0.1, 0.15) is 5.50 Å². The van der Waals surface area contributed by atoms with Gasteiger partial charge in [-0.15, -0.1) is 11.8 Å². The maximum absolute atomic E-state index is 11.8. The van der Waals surface area contributed by atoms with E-state index in [1.807, 2.05) is 35.2 Å². The number of hydrogen-bond donors (Lipinski definition) is 1. The average molecular weight is 236 g/mol. The molecule has 0 aliphatic carbocycles. The molecule has 1 heterocycles. The molecule has 86 valence electrons. The standard InChI is InChI=1S/C12H16N2OS/c1-9(2)13-12-14(11(15)8-16-12)10-6-4-3-5-7-10/h3-7,9,12-13H,8H2,1-2H3. The zero-order valence-corrected chi connectivity index (χ0v) is 10.3. The van der Waals surface area contributed by atoms with Gasteiger partial charge in [0.05, 0.1) is 5.75 Å². The molecule has 0 aromatic heterocycles. The van der Waals surface area contributed by atoms with Crippen LogP contribution in [0.3, 0.4) is 0 Å². The number of carbonyl (C=O) groups excluding carboxylic acids is 1. The Balaban J connectivity index is 2.19. The van der Waals surface area contributed by atoms with Crippen molar-refractivity contribution in [1.29, 1.82) is 0 Å². The summed E-state index contributed by atoms with van der Waals surface area (Å²) in [4.78, 5) is 13.7. The van der Waals surface area contributed by atoms with Crippen LogP contribution in [0.15, 0.2) is 30.3 Å². The largest absolute Gasteiger partial charge is 0.286 e. The summed E-state index contributed by atoms with van der Waals surface area (Å²) in [6.07, 6.45) is 0. The molecule has 0 saturated carbocycles. The first kappa shape index (κ1) is 11.5. The molecule has 1 aromatic carbocycles. The van der Waals surface area contributed by atoms with Crippen molar-refractivity contribution in [3.63, 3.8) is 0 Å². The van der Waals surface area contributed by atoms with Crippen LogP contribution >= 0.6 is 11.8 Å². The summed E-state index contributed by atoms with van der Waals surface area (Å²) >= 11 is 1.65. The van der Waals surface area contributed by atoms with Gasteiger partial charge in [-0.2, -0.15) is 0 Å². The third-order valence-electron chi connectivity index (χ3n) is 2.38. The van der Waals surface area contributed by atoms with Crippen molar-refractivity contribution >= 4 is 23.4 Å². The Morgan fingerprint density at radius 2 is 2.06 bits per heavy atom. The molecule has 4 heteroatoms. The lowest BCUT2D eigenvalue weighted by Gasteiger charge is -2.26. The minimum atomic E-state index is 0.0647. The van der Waals surface area contributed by atoms with Gasteiger partial charge < -0.3 is 0 Å². The maximum atomic E-state index is 11.8. The number of carbonyl (C=O) groups is 1. The Bertz CT molecular complexity index is 367. The number of para-hydroxylation sites is 1. The molecule has 1 aliphatic heterocycles. The summed E-state index contributed by atoms with van der Waals surface area (Å²) in [5.41, 5.74) is 1.03. The van der Waals surface area contributed by atoms with Gasteiger partial charge in [-0.3, -0.25) is 15.0 Å². The molecule has 1 aliphatic rings. The van der Waals surface area contributed by atoms with Gasteiger partial charge in [-0.1, -0.05) is 18.2 Å². The fourth-order valence-corrected chi connectivity index (χ4v) is 2.90. The summed E-state index contributed by atoms with van der Waals surface area (Å²) < 4.78 is 0. The molecule has 0 spiro atoms. The summed E-state index contributed by atoms with van der Waals surface area (Å²) in [5.74, 6) is 0.730. The Morgan fingerprint density at radius 3 is 2.69 bits per heavy atom. The van der Waals surface area contributed by atoms with Crippen molar-refractivity contribution in [3.8, 4) is 0 Å². The van der Waals surface area contributed by atoms with Crippen molar-refractivity contribution in [2.45, 2.75) is 25.4 Å². The van der Waals surface area contributed by atoms with E-state index in [2.05, 4.69) is 19.2 Å². The topological polar surface area (TPSA) is 32.3 Å². The Kier molecular flexibility index (Phi) is 3.51. The fourth-order valence-electron chi connectivity index (χ4n) is 1.70. The smallest absolute Gasteiger partial charge is 0.239 e. The van der Waals surface area contributed by atoms with Crippen molar-refractivity contribution in [2.24, 2.45) is 0 Å². The van der Waals surface area contributed by atoms with Crippen LogP contribution in [0.25, 0.3) is 0 Å². The van der Waals surface area contributed by atoms with Crippen LogP contribution in [0.2, 0.25) is 0 Å². The zero-order valence-electron chi connectivity index (χ0n) is 9.51. The van der Waals surface area contributed by atoms with Crippen LogP contribution in [0.1, 0.15) is 13.8 Å². The van der Waals surface area contributed by atoms with Gasteiger partial charge in [-0.05, 0) is 26.0 Å². The van der Waals surface area contributed by atoms with Gasteiger partial charge in [0.25, 0.3) is 0 Å². The monoisotopic (exact) mass is 236 g/mol. The highest BCUT2D eigenvalue weighted by atomic mass is 32.2. The summed E-state index contributed by atoms with van der Waals surface area (Å²) in [6.45, 7) is 4.18. The average Bonchev–Trinajstić information content (AvgIpc) is 2.60. The van der Waals surface area contributed by atoms with E-state index in [0.717, 1.165) is 5.69 Å². The van der Waals surface area contributed by atoms with Gasteiger partial charge in [-0.25, -0.2) is 0 Å². The molecule has 3 nitrogen and oxygen atoms in total. The molecule has 0 bridgehead atoms. The Morgan fingerprint density at radius 1 is 1.38 bits per heavy atom. The van der Waals surface area contributed by atoms with Gasteiger partial charge >= 0.3 is 0 Å². The van der Waals surface area contributed by atoms with E-state index in [1.165, 1.54) is 0 Å². The Hall–Kier alpha value is -1.00. The molecule has 1 amide bonds. The number of rotatable bonds is 3. The molecule has 1 fully saturated rings. The normalized spacial score (nSPS) is 20.8. The highest BCUT2D eigenvalue weighted by Crippen LogP contribution is 2.28. The minimum absolute atomic E-state index is 0.0647. The van der Waals surface area contributed by atoms with E-state index in [9.17, 15) is 4.79 Å². The number of anilines is 1. The highest BCUT2D eigenvalue weighted by molar-refractivity contribution is 8.01. The lowest BCUT2D eigenvalue weighted by molar-refractivity contribution is -0.115. The molecule has 16 heavy (non-hydrogen) atoms. The van der Waals surface area contributed by atoms with Crippen LogP contribution < -0.4 is 10.2 Å². The second kappa shape index (κ2) is 4.89. The highest BCUT2D eigenvalue weighted by Gasteiger charge is 2.32. The Labute approximate surface area is 100 Å². The number of nitrogens with zero attached hydrogens (tertiary/aromatic N) is 1. The first-order valence-corrected chi connectivity index (χ1v) is 6.48. The first-order valence-electron chi connectivity index (χ1n) is 5.43. The van der Waals surface area contributed by atoms with Crippen molar-refractivity contribution in [3.05, 3.63) is 30.3 Å². The fraction of sp³-hybridized carbons (Fsp3) is 0.417. The van der Waals surface area contributed by atoms with Crippen LogP contribution in [0, 0.1) is 0 Å². The van der Waals surface area contributed by atoms with E-state index < -0.39 is 0 Å². The minimum Gasteiger partial charge on any atom is -0.286 e. The van der Waals surface area contributed by atoms with Gasteiger partial charge in [0, 0.05) is 11.7 Å². The van der Waals surface area contributed by atoms with E-state index in [0.29, 0.717) is 11.8 Å². The third kappa shape index (κ3) is 2.39. The van der Waals surface area contributed by atoms with Crippen LogP contribution in [-0.2, 0) is 4.79 Å². The molecule has 1 aromatic rings. The van der Waals surface area contributed by atoms with Crippen molar-refractivity contribution in [2.75, 3.05) is 10.7 Å². The predicted octanol–water partition coefficient (Wildman–Crippen LogP) is 2.05. The maximum Gasteiger partial charge on any atom is 0.239 e. The summed E-state index contributed by atoms with van der Waals surface area (Å²) in [6, 6.07) is 10.2. The van der Waals surface area contributed by atoms with Crippen molar-refractivity contribution < 1.29 is 4.79 Å². The number of amides is 1. The lowest BCUT2D eigenvalue weighted by Crippen LogP contribution is -2.44. The number of nitrogens with one attached hydrogen (secondary N) is 1. The molecular formula is C12H16N2OS. The van der Waals surface area contributed by atoms with Crippen LogP contribution in [0.5, 0.6) is 0 Å². The lowest BCUT2D eigenvalue weighted by atomic mass is 10.3. The molecular weight excluding hydrogens is 220 g/mol.